The molecule has 0 saturated carbocycles. The zero-order valence-electron chi connectivity index (χ0n) is 16.3. The molecule has 152 valence electrons. The van der Waals surface area contributed by atoms with Gasteiger partial charge >= 0.3 is 0 Å². The number of rotatable bonds is 3. The van der Waals surface area contributed by atoms with E-state index < -0.39 is 6.04 Å². The number of nitrogens with two attached hydrogens (primary N) is 1. The zero-order chi connectivity index (χ0) is 19.7. The summed E-state index contributed by atoms with van der Waals surface area (Å²) in [5.41, 5.74) is 9.64. The molecule has 4 rings (SSSR count). The lowest BCUT2D eigenvalue weighted by Crippen LogP contribution is -2.52. The van der Waals surface area contributed by atoms with Crippen LogP contribution in [0.25, 0.3) is 10.9 Å². The highest BCUT2D eigenvalue weighted by molar-refractivity contribution is 5.98. The summed E-state index contributed by atoms with van der Waals surface area (Å²) in [7, 11) is 0. The van der Waals surface area contributed by atoms with E-state index in [0.717, 1.165) is 22.0 Å². The molecule has 2 aromatic carbocycles. The molecule has 1 atom stereocenters. The van der Waals surface area contributed by atoms with Gasteiger partial charge in [-0.15, -0.1) is 12.4 Å². The van der Waals surface area contributed by atoms with Crippen molar-refractivity contribution in [3.05, 3.63) is 71.4 Å². The van der Waals surface area contributed by atoms with Crippen molar-refractivity contribution in [1.82, 2.24) is 14.8 Å². The van der Waals surface area contributed by atoms with E-state index in [1.165, 1.54) is 0 Å². The molecule has 6 nitrogen and oxygen atoms in total. The normalized spacial score (nSPS) is 15.1. The number of nitrogens with zero attached hydrogens (tertiary/aromatic N) is 2. The van der Waals surface area contributed by atoms with E-state index in [2.05, 4.69) is 4.98 Å². The molecular weight excluding hydrogens is 388 g/mol. The minimum Gasteiger partial charge on any atom is -0.351 e. The van der Waals surface area contributed by atoms with Gasteiger partial charge in [-0.1, -0.05) is 48.0 Å². The number of para-hydroxylation sites is 1. The Bertz CT molecular complexity index is 974. The van der Waals surface area contributed by atoms with Crippen molar-refractivity contribution in [3.63, 3.8) is 0 Å². The van der Waals surface area contributed by atoms with Crippen LogP contribution in [0.15, 0.2) is 54.6 Å². The third-order valence-corrected chi connectivity index (χ3v) is 5.34. The predicted molar refractivity (Wildman–Crippen MR) is 116 cm³/mol. The SMILES string of the molecule is Cc1ccc(C(N)C(=O)N2CCN(C(=O)c3cc4ccccc4[nH]3)CC2)cc1.Cl. The van der Waals surface area contributed by atoms with Gasteiger partial charge in [0.2, 0.25) is 5.91 Å². The third-order valence-electron chi connectivity index (χ3n) is 5.34. The first kappa shape index (κ1) is 20.9. The molecular formula is C22H25ClN4O2. The molecule has 1 aliphatic rings. The first-order chi connectivity index (χ1) is 13.5. The molecule has 0 bridgehead atoms. The van der Waals surface area contributed by atoms with E-state index >= 15 is 0 Å². The van der Waals surface area contributed by atoms with Crippen molar-refractivity contribution in [2.75, 3.05) is 26.2 Å². The summed E-state index contributed by atoms with van der Waals surface area (Å²) in [5.74, 6) is -0.132. The van der Waals surface area contributed by atoms with E-state index in [1.54, 1.807) is 9.80 Å². The number of hydrogen-bond donors (Lipinski definition) is 2. The second-order valence-electron chi connectivity index (χ2n) is 7.28. The second kappa shape index (κ2) is 8.68. The monoisotopic (exact) mass is 412 g/mol. The molecule has 1 aliphatic heterocycles. The summed E-state index contributed by atoms with van der Waals surface area (Å²) in [6.45, 7) is 3.98. The molecule has 0 radical (unpaired) electrons. The standard InChI is InChI=1S/C22H24N4O2.ClH/c1-15-6-8-16(9-7-15)20(23)22(28)26-12-10-25(11-13-26)21(27)19-14-17-4-2-3-5-18(17)24-19;/h2-9,14,20,24H,10-13,23H2,1H3;1H. The zero-order valence-corrected chi connectivity index (χ0v) is 17.1. The van der Waals surface area contributed by atoms with Crippen LogP contribution in [0.5, 0.6) is 0 Å². The van der Waals surface area contributed by atoms with Gasteiger partial charge < -0.3 is 20.5 Å². The molecule has 1 saturated heterocycles. The van der Waals surface area contributed by atoms with Crippen molar-refractivity contribution in [3.8, 4) is 0 Å². The molecule has 1 unspecified atom stereocenters. The second-order valence-corrected chi connectivity index (χ2v) is 7.28. The summed E-state index contributed by atoms with van der Waals surface area (Å²) in [5, 5.41) is 1.02. The van der Waals surface area contributed by atoms with Crippen LogP contribution in [0.4, 0.5) is 0 Å². The largest absolute Gasteiger partial charge is 0.351 e. The minimum absolute atomic E-state index is 0. The van der Waals surface area contributed by atoms with Gasteiger partial charge in [-0.3, -0.25) is 9.59 Å². The molecule has 0 aliphatic carbocycles. The summed E-state index contributed by atoms with van der Waals surface area (Å²) < 4.78 is 0. The number of fused-ring (bicyclic) bond motifs is 1. The lowest BCUT2D eigenvalue weighted by molar-refractivity contribution is -0.134. The van der Waals surface area contributed by atoms with Crippen LogP contribution in [0.1, 0.15) is 27.7 Å². The molecule has 2 heterocycles. The number of aryl methyl sites for hydroxylation is 1. The molecule has 1 fully saturated rings. The minimum atomic E-state index is -0.670. The van der Waals surface area contributed by atoms with Crippen molar-refractivity contribution >= 4 is 35.1 Å². The van der Waals surface area contributed by atoms with Crippen LogP contribution in [0, 0.1) is 6.92 Å². The Morgan fingerprint density at radius 2 is 1.59 bits per heavy atom. The number of hydrogen-bond acceptors (Lipinski definition) is 3. The van der Waals surface area contributed by atoms with Crippen LogP contribution in [0.3, 0.4) is 0 Å². The van der Waals surface area contributed by atoms with Gasteiger partial charge in [-0.2, -0.15) is 0 Å². The number of nitrogens with one attached hydrogen (secondary N) is 1. The molecule has 0 spiro atoms. The number of piperazine rings is 1. The lowest BCUT2D eigenvalue weighted by atomic mass is 10.0. The van der Waals surface area contributed by atoms with Gasteiger partial charge in [0.25, 0.3) is 5.91 Å². The molecule has 3 N–H and O–H groups in total. The Balaban J connectivity index is 0.00000240. The maximum Gasteiger partial charge on any atom is 0.270 e. The van der Waals surface area contributed by atoms with E-state index in [9.17, 15) is 9.59 Å². The average Bonchev–Trinajstić information content (AvgIpc) is 3.17. The Labute approximate surface area is 176 Å². The highest BCUT2D eigenvalue weighted by Gasteiger charge is 2.28. The highest BCUT2D eigenvalue weighted by atomic mass is 35.5. The predicted octanol–water partition coefficient (Wildman–Crippen LogP) is 2.88. The number of aromatic nitrogens is 1. The number of aromatic amines is 1. The fraction of sp³-hybridized carbons (Fsp3) is 0.273. The van der Waals surface area contributed by atoms with Crippen molar-refractivity contribution in [2.45, 2.75) is 13.0 Å². The van der Waals surface area contributed by atoms with Crippen LogP contribution < -0.4 is 5.73 Å². The van der Waals surface area contributed by atoms with Crippen LogP contribution in [-0.2, 0) is 4.79 Å². The summed E-state index contributed by atoms with van der Waals surface area (Å²) in [6.07, 6.45) is 0. The Hall–Kier alpha value is -2.83. The van der Waals surface area contributed by atoms with Crippen LogP contribution >= 0.6 is 12.4 Å². The number of halogens is 1. The smallest absolute Gasteiger partial charge is 0.270 e. The first-order valence-electron chi connectivity index (χ1n) is 9.51. The van der Waals surface area contributed by atoms with E-state index in [4.69, 9.17) is 5.73 Å². The van der Waals surface area contributed by atoms with Gasteiger partial charge in [0.05, 0.1) is 0 Å². The number of benzene rings is 2. The first-order valence-corrected chi connectivity index (χ1v) is 9.51. The maximum absolute atomic E-state index is 12.8. The molecule has 2 amide bonds. The van der Waals surface area contributed by atoms with Gasteiger partial charge in [-0.05, 0) is 24.6 Å². The number of H-pyrrole nitrogens is 1. The molecule has 7 heteroatoms. The average molecular weight is 413 g/mol. The lowest BCUT2D eigenvalue weighted by Gasteiger charge is -2.35. The summed E-state index contributed by atoms with van der Waals surface area (Å²) >= 11 is 0. The summed E-state index contributed by atoms with van der Waals surface area (Å²) in [4.78, 5) is 32.3. The fourth-order valence-corrected chi connectivity index (χ4v) is 3.60. The summed E-state index contributed by atoms with van der Waals surface area (Å²) in [6, 6.07) is 16.7. The maximum atomic E-state index is 12.8. The Morgan fingerprint density at radius 3 is 2.24 bits per heavy atom. The van der Waals surface area contributed by atoms with Gasteiger partial charge in [0.15, 0.2) is 0 Å². The van der Waals surface area contributed by atoms with Crippen LogP contribution in [0.2, 0.25) is 0 Å². The Kier molecular flexibility index (Phi) is 6.25. The van der Waals surface area contributed by atoms with Gasteiger partial charge in [0.1, 0.15) is 11.7 Å². The van der Waals surface area contributed by atoms with Crippen molar-refractivity contribution in [2.24, 2.45) is 5.73 Å². The third kappa shape index (κ3) is 4.28. The topological polar surface area (TPSA) is 82.4 Å². The molecule has 3 aromatic rings. The fourth-order valence-electron chi connectivity index (χ4n) is 3.60. The van der Waals surface area contributed by atoms with Gasteiger partial charge in [0, 0.05) is 37.1 Å². The molecule has 1 aromatic heterocycles. The quantitative estimate of drug-likeness (QED) is 0.693. The van der Waals surface area contributed by atoms with Crippen molar-refractivity contribution < 1.29 is 9.59 Å². The van der Waals surface area contributed by atoms with Crippen molar-refractivity contribution in [1.29, 1.82) is 0 Å². The number of amides is 2. The highest BCUT2D eigenvalue weighted by Crippen LogP contribution is 2.19. The van der Waals surface area contributed by atoms with E-state index in [1.807, 2.05) is 61.5 Å². The van der Waals surface area contributed by atoms with Crippen LogP contribution in [-0.4, -0.2) is 52.8 Å². The number of carbonyl (C=O) groups is 2. The molecule has 29 heavy (non-hydrogen) atoms. The van der Waals surface area contributed by atoms with E-state index in [0.29, 0.717) is 31.9 Å². The Morgan fingerprint density at radius 1 is 0.966 bits per heavy atom. The number of carbonyl (C=O) groups excluding carboxylic acids is 2. The van der Waals surface area contributed by atoms with Gasteiger partial charge in [-0.25, -0.2) is 0 Å². The van der Waals surface area contributed by atoms with E-state index in [-0.39, 0.29) is 24.2 Å².